The molecule has 0 radical (unpaired) electrons. The number of ether oxygens (including phenoxy) is 1. The minimum absolute atomic E-state index is 0. The molecular weight excluding hydrogens is 302 g/mol. The van der Waals surface area contributed by atoms with E-state index in [9.17, 15) is 0 Å². The van der Waals surface area contributed by atoms with Gasteiger partial charge in [0.25, 0.3) is 0 Å². The second kappa shape index (κ2) is 10.7. The van der Waals surface area contributed by atoms with Crippen molar-refractivity contribution < 1.29 is 4.74 Å². The van der Waals surface area contributed by atoms with E-state index in [2.05, 4.69) is 54.0 Å². The summed E-state index contributed by atoms with van der Waals surface area (Å²) < 4.78 is 5.75. The molecule has 0 aliphatic heterocycles. The van der Waals surface area contributed by atoms with Crippen LogP contribution in [0.1, 0.15) is 36.6 Å². The van der Waals surface area contributed by atoms with Crippen LogP contribution in [0.5, 0.6) is 5.75 Å². The molecule has 1 heterocycles. The minimum Gasteiger partial charge on any atom is -0.488 e. The Morgan fingerprint density at radius 1 is 1.10 bits per heavy atom. The summed E-state index contributed by atoms with van der Waals surface area (Å²) in [6, 6.07) is 12.5. The molecule has 1 aromatic heterocycles. The van der Waals surface area contributed by atoms with Crippen molar-refractivity contribution in [2.75, 3.05) is 6.54 Å². The Morgan fingerprint density at radius 3 is 2.57 bits per heavy atom. The Balaban J connectivity index is 0.00000220. The van der Waals surface area contributed by atoms with Gasteiger partial charge in [0.2, 0.25) is 0 Å². The number of benzene rings is 1. The Hall–Kier alpha value is -1.03. The van der Waals surface area contributed by atoms with E-state index in [-0.39, 0.29) is 12.4 Å². The zero-order valence-electron chi connectivity index (χ0n) is 12.5. The van der Waals surface area contributed by atoms with Gasteiger partial charge in [-0.25, -0.2) is 0 Å². The Morgan fingerprint density at radius 2 is 1.90 bits per heavy atom. The van der Waals surface area contributed by atoms with Gasteiger partial charge >= 0.3 is 0 Å². The third kappa shape index (κ3) is 6.98. The number of halogens is 1. The molecule has 0 fully saturated rings. The lowest BCUT2D eigenvalue weighted by atomic mass is 10.2. The van der Waals surface area contributed by atoms with E-state index in [0.29, 0.717) is 6.61 Å². The number of hydrogen-bond donors (Lipinski definition) is 1. The van der Waals surface area contributed by atoms with Gasteiger partial charge in [0.15, 0.2) is 0 Å². The number of nitrogens with one attached hydrogen (secondary N) is 1. The number of unbranched alkanes of at least 4 members (excludes halogenated alkanes) is 2. The molecule has 0 amide bonds. The summed E-state index contributed by atoms with van der Waals surface area (Å²) in [4.78, 5) is 1.26. The van der Waals surface area contributed by atoms with Crippen molar-refractivity contribution in [2.45, 2.75) is 39.3 Å². The fourth-order valence-corrected chi connectivity index (χ4v) is 2.60. The van der Waals surface area contributed by atoms with Gasteiger partial charge in [-0.15, -0.1) is 23.7 Å². The van der Waals surface area contributed by atoms with E-state index >= 15 is 0 Å². The Kier molecular flexibility index (Phi) is 9.15. The summed E-state index contributed by atoms with van der Waals surface area (Å²) in [5, 5.41) is 5.55. The maximum Gasteiger partial charge on any atom is 0.122 e. The second-order valence-electron chi connectivity index (χ2n) is 4.90. The molecule has 0 aliphatic rings. The van der Waals surface area contributed by atoms with Gasteiger partial charge in [0, 0.05) is 11.4 Å². The maximum absolute atomic E-state index is 5.75. The van der Waals surface area contributed by atoms with E-state index in [0.717, 1.165) is 18.8 Å². The molecule has 0 unspecified atom stereocenters. The lowest BCUT2D eigenvalue weighted by Crippen LogP contribution is -2.14. The third-order valence-electron chi connectivity index (χ3n) is 3.17. The van der Waals surface area contributed by atoms with E-state index < -0.39 is 0 Å². The molecule has 0 atom stereocenters. The van der Waals surface area contributed by atoms with Crippen molar-refractivity contribution in [2.24, 2.45) is 0 Å². The van der Waals surface area contributed by atoms with Crippen LogP contribution in [0.15, 0.2) is 41.8 Å². The van der Waals surface area contributed by atoms with Crippen LogP contribution in [-0.4, -0.2) is 6.54 Å². The largest absolute Gasteiger partial charge is 0.488 e. The molecule has 0 bridgehead atoms. The predicted octanol–water partition coefficient (Wildman–Crippen LogP) is 5.03. The molecule has 0 aliphatic carbocycles. The van der Waals surface area contributed by atoms with Gasteiger partial charge < -0.3 is 10.1 Å². The molecule has 21 heavy (non-hydrogen) atoms. The fraction of sp³-hybridized carbons (Fsp3) is 0.412. The minimum atomic E-state index is 0. The first-order valence-corrected chi connectivity index (χ1v) is 8.21. The summed E-state index contributed by atoms with van der Waals surface area (Å²) in [5.74, 6) is 0.938. The average Bonchev–Trinajstić information content (AvgIpc) is 2.99. The smallest absolute Gasteiger partial charge is 0.122 e. The summed E-state index contributed by atoms with van der Waals surface area (Å²) in [6.07, 6.45) is 3.85. The zero-order chi connectivity index (χ0) is 14.0. The third-order valence-corrected chi connectivity index (χ3v) is 4.02. The van der Waals surface area contributed by atoms with Gasteiger partial charge in [-0.2, -0.15) is 0 Å². The van der Waals surface area contributed by atoms with Crippen LogP contribution in [0.4, 0.5) is 0 Å². The topological polar surface area (TPSA) is 21.3 Å². The second-order valence-corrected chi connectivity index (χ2v) is 5.93. The lowest BCUT2D eigenvalue weighted by Gasteiger charge is -2.07. The van der Waals surface area contributed by atoms with Crippen molar-refractivity contribution in [1.29, 1.82) is 0 Å². The van der Waals surface area contributed by atoms with Crippen molar-refractivity contribution in [1.82, 2.24) is 5.32 Å². The first-order chi connectivity index (χ1) is 9.88. The van der Waals surface area contributed by atoms with Gasteiger partial charge in [0.05, 0.1) is 0 Å². The van der Waals surface area contributed by atoms with Crippen LogP contribution < -0.4 is 10.1 Å². The molecule has 0 spiro atoms. The molecule has 1 N–H and O–H groups in total. The first-order valence-electron chi connectivity index (χ1n) is 7.33. The van der Waals surface area contributed by atoms with Crippen LogP contribution in [0.25, 0.3) is 0 Å². The predicted molar refractivity (Wildman–Crippen MR) is 93.6 cm³/mol. The van der Waals surface area contributed by atoms with Crippen molar-refractivity contribution in [3.8, 4) is 5.75 Å². The van der Waals surface area contributed by atoms with E-state index in [4.69, 9.17) is 4.74 Å². The Bertz CT molecular complexity index is 470. The summed E-state index contributed by atoms with van der Waals surface area (Å²) in [5.41, 5.74) is 1.31. The normalized spacial score (nSPS) is 10.1. The molecular formula is C17H24ClNOS. The van der Waals surface area contributed by atoms with E-state index in [1.807, 2.05) is 0 Å². The van der Waals surface area contributed by atoms with Crippen LogP contribution in [0, 0.1) is 0 Å². The van der Waals surface area contributed by atoms with Crippen molar-refractivity contribution in [3.63, 3.8) is 0 Å². The molecule has 2 nitrogen and oxygen atoms in total. The highest BCUT2D eigenvalue weighted by Crippen LogP contribution is 2.16. The van der Waals surface area contributed by atoms with Gasteiger partial charge in [-0.3, -0.25) is 0 Å². The quantitative estimate of drug-likeness (QED) is 0.653. The van der Waals surface area contributed by atoms with Crippen LogP contribution in [0.3, 0.4) is 0 Å². The number of rotatable bonds is 9. The van der Waals surface area contributed by atoms with Crippen LogP contribution >= 0.6 is 23.7 Å². The van der Waals surface area contributed by atoms with Crippen molar-refractivity contribution in [3.05, 3.63) is 52.2 Å². The molecule has 2 aromatic rings. The highest BCUT2D eigenvalue weighted by molar-refractivity contribution is 7.09. The maximum atomic E-state index is 5.75. The van der Waals surface area contributed by atoms with Gasteiger partial charge in [-0.05, 0) is 42.1 Å². The average molecular weight is 326 g/mol. The highest BCUT2D eigenvalue weighted by atomic mass is 35.5. The molecule has 116 valence electrons. The molecule has 0 saturated heterocycles. The molecule has 2 rings (SSSR count). The van der Waals surface area contributed by atoms with Crippen LogP contribution in [0.2, 0.25) is 0 Å². The number of hydrogen-bond acceptors (Lipinski definition) is 3. The zero-order valence-corrected chi connectivity index (χ0v) is 14.1. The van der Waals surface area contributed by atoms with E-state index in [1.165, 1.54) is 29.7 Å². The van der Waals surface area contributed by atoms with Crippen molar-refractivity contribution >= 4 is 23.7 Å². The number of thiophene rings is 1. The lowest BCUT2D eigenvalue weighted by molar-refractivity contribution is 0.309. The van der Waals surface area contributed by atoms with Gasteiger partial charge in [-0.1, -0.05) is 38.0 Å². The first kappa shape index (κ1) is 18.0. The van der Waals surface area contributed by atoms with Gasteiger partial charge in [0.1, 0.15) is 12.4 Å². The monoisotopic (exact) mass is 325 g/mol. The van der Waals surface area contributed by atoms with Crippen LogP contribution in [-0.2, 0) is 13.2 Å². The highest BCUT2D eigenvalue weighted by Gasteiger charge is 1.98. The summed E-state index contributed by atoms with van der Waals surface area (Å²) in [7, 11) is 0. The SMILES string of the molecule is CCCCCNCc1ccc(OCc2cccs2)cc1.Cl. The summed E-state index contributed by atoms with van der Waals surface area (Å²) >= 11 is 1.73. The molecule has 0 saturated carbocycles. The molecule has 1 aromatic carbocycles. The Labute approximate surface area is 137 Å². The van der Waals surface area contributed by atoms with E-state index in [1.54, 1.807) is 11.3 Å². The molecule has 4 heteroatoms. The summed E-state index contributed by atoms with van der Waals surface area (Å²) in [6.45, 7) is 4.93. The fourth-order valence-electron chi connectivity index (χ4n) is 1.99. The standard InChI is InChI=1S/C17H23NOS.ClH/c1-2-3-4-11-18-13-15-7-9-16(10-8-15)19-14-17-6-5-12-20-17;/h5-10,12,18H,2-4,11,13-14H2,1H3;1H.